The minimum absolute atomic E-state index is 0.281. The number of rotatable bonds is 1. The van der Waals surface area contributed by atoms with Gasteiger partial charge in [0.15, 0.2) is 0 Å². The smallest absolute Gasteiger partial charge is 0.0499 e. The molecule has 0 spiro atoms. The van der Waals surface area contributed by atoms with E-state index in [0.29, 0.717) is 5.92 Å². The van der Waals surface area contributed by atoms with E-state index in [1.54, 1.807) is 0 Å². The van der Waals surface area contributed by atoms with Crippen LogP contribution in [0.25, 0.3) is 0 Å². The van der Waals surface area contributed by atoms with Gasteiger partial charge in [0, 0.05) is 17.0 Å². The molecule has 1 aromatic rings. The SMILES string of the molecule is OCC1CCc2c(Br)cccc21. The molecule has 1 atom stereocenters. The largest absolute Gasteiger partial charge is 0.396 e. The average Bonchev–Trinajstić information content (AvgIpc) is 2.49. The van der Waals surface area contributed by atoms with Gasteiger partial charge in [0.25, 0.3) is 0 Å². The number of benzene rings is 1. The molecule has 64 valence electrons. The summed E-state index contributed by atoms with van der Waals surface area (Å²) < 4.78 is 1.19. The molecule has 1 unspecified atom stereocenters. The highest BCUT2D eigenvalue weighted by Gasteiger charge is 2.22. The van der Waals surface area contributed by atoms with E-state index in [2.05, 4.69) is 28.1 Å². The first kappa shape index (κ1) is 8.27. The van der Waals surface area contributed by atoms with Crippen LogP contribution < -0.4 is 0 Å². The maximum atomic E-state index is 9.09. The second kappa shape index (κ2) is 3.19. The van der Waals surface area contributed by atoms with Gasteiger partial charge in [-0.2, -0.15) is 0 Å². The lowest BCUT2D eigenvalue weighted by molar-refractivity contribution is 0.265. The molecule has 0 aliphatic heterocycles. The molecule has 2 heteroatoms. The molecule has 0 heterocycles. The highest BCUT2D eigenvalue weighted by Crippen LogP contribution is 2.36. The van der Waals surface area contributed by atoms with Crippen molar-refractivity contribution < 1.29 is 5.11 Å². The quantitative estimate of drug-likeness (QED) is 0.781. The third kappa shape index (κ3) is 1.19. The Morgan fingerprint density at radius 2 is 2.33 bits per heavy atom. The Balaban J connectivity index is 2.46. The van der Waals surface area contributed by atoms with Crippen LogP contribution in [0.3, 0.4) is 0 Å². The van der Waals surface area contributed by atoms with Crippen molar-refractivity contribution in [2.24, 2.45) is 0 Å². The number of fused-ring (bicyclic) bond motifs is 1. The van der Waals surface area contributed by atoms with Gasteiger partial charge in [-0.3, -0.25) is 0 Å². The van der Waals surface area contributed by atoms with E-state index in [1.165, 1.54) is 15.6 Å². The summed E-state index contributed by atoms with van der Waals surface area (Å²) in [7, 11) is 0. The molecule has 0 radical (unpaired) electrons. The first-order valence-electron chi connectivity index (χ1n) is 4.21. The van der Waals surface area contributed by atoms with E-state index in [9.17, 15) is 0 Å². The molecule has 12 heavy (non-hydrogen) atoms. The van der Waals surface area contributed by atoms with Gasteiger partial charge >= 0.3 is 0 Å². The molecule has 0 saturated carbocycles. The Labute approximate surface area is 80.5 Å². The molecule has 1 N–H and O–H groups in total. The lowest BCUT2D eigenvalue weighted by Gasteiger charge is -2.07. The second-order valence-corrected chi connectivity index (χ2v) is 4.08. The number of halogens is 1. The van der Waals surface area contributed by atoms with Crippen LogP contribution in [-0.2, 0) is 6.42 Å². The predicted molar refractivity (Wildman–Crippen MR) is 52.3 cm³/mol. The van der Waals surface area contributed by atoms with E-state index in [0.717, 1.165) is 12.8 Å². The maximum absolute atomic E-state index is 9.09. The molecule has 0 amide bonds. The summed E-state index contributed by atoms with van der Waals surface area (Å²) in [6.07, 6.45) is 2.19. The first-order chi connectivity index (χ1) is 5.83. The van der Waals surface area contributed by atoms with Crippen molar-refractivity contribution in [2.45, 2.75) is 18.8 Å². The van der Waals surface area contributed by atoms with E-state index >= 15 is 0 Å². The summed E-state index contributed by atoms with van der Waals surface area (Å²) in [4.78, 5) is 0. The van der Waals surface area contributed by atoms with Crippen molar-refractivity contribution in [1.29, 1.82) is 0 Å². The number of hydrogen-bond donors (Lipinski definition) is 1. The third-order valence-electron chi connectivity index (χ3n) is 2.56. The molecule has 1 nitrogen and oxygen atoms in total. The summed E-state index contributed by atoms with van der Waals surface area (Å²) in [6.45, 7) is 0.281. The standard InChI is InChI=1S/C10H11BrO/c11-10-3-1-2-8-7(6-12)4-5-9(8)10/h1-3,7,12H,4-6H2. The Hall–Kier alpha value is -0.340. The van der Waals surface area contributed by atoms with Crippen LogP contribution in [0.4, 0.5) is 0 Å². The molecule has 1 aromatic carbocycles. The Morgan fingerprint density at radius 3 is 3.08 bits per heavy atom. The van der Waals surface area contributed by atoms with Crippen LogP contribution in [0.5, 0.6) is 0 Å². The number of aliphatic hydroxyl groups excluding tert-OH is 1. The van der Waals surface area contributed by atoms with Crippen LogP contribution in [0.1, 0.15) is 23.5 Å². The summed E-state index contributed by atoms with van der Waals surface area (Å²) in [5, 5.41) is 9.09. The molecule has 0 bridgehead atoms. The molecule has 0 aromatic heterocycles. The maximum Gasteiger partial charge on any atom is 0.0499 e. The fourth-order valence-corrected chi connectivity index (χ4v) is 2.47. The number of hydrogen-bond acceptors (Lipinski definition) is 1. The Kier molecular flexibility index (Phi) is 2.20. The van der Waals surface area contributed by atoms with E-state index in [1.807, 2.05) is 6.07 Å². The number of aliphatic hydroxyl groups is 1. The minimum atomic E-state index is 0.281. The molecular formula is C10H11BrO. The van der Waals surface area contributed by atoms with E-state index < -0.39 is 0 Å². The molecule has 0 fully saturated rings. The normalized spacial score (nSPS) is 21.0. The zero-order valence-corrected chi connectivity index (χ0v) is 8.34. The van der Waals surface area contributed by atoms with Crippen molar-refractivity contribution in [3.8, 4) is 0 Å². The highest BCUT2D eigenvalue weighted by atomic mass is 79.9. The van der Waals surface area contributed by atoms with Crippen molar-refractivity contribution in [3.63, 3.8) is 0 Å². The second-order valence-electron chi connectivity index (χ2n) is 3.23. The lowest BCUT2D eigenvalue weighted by atomic mass is 10.0. The van der Waals surface area contributed by atoms with Gasteiger partial charge in [-0.25, -0.2) is 0 Å². The molecular weight excluding hydrogens is 216 g/mol. The molecule has 2 rings (SSSR count). The monoisotopic (exact) mass is 226 g/mol. The van der Waals surface area contributed by atoms with Crippen molar-refractivity contribution in [3.05, 3.63) is 33.8 Å². The highest BCUT2D eigenvalue weighted by molar-refractivity contribution is 9.10. The van der Waals surface area contributed by atoms with Gasteiger partial charge in [-0.05, 0) is 30.0 Å². The topological polar surface area (TPSA) is 20.2 Å². The van der Waals surface area contributed by atoms with Crippen LogP contribution >= 0.6 is 15.9 Å². The fraction of sp³-hybridized carbons (Fsp3) is 0.400. The molecule has 1 aliphatic carbocycles. The summed E-state index contributed by atoms with van der Waals surface area (Å²) >= 11 is 3.52. The Bertz CT molecular complexity index is 296. The zero-order valence-electron chi connectivity index (χ0n) is 6.76. The van der Waals surface area contributed by atoms with Crippen LogP contribution in [0.2, 0.25) is 0 Å². The molecule has 0 saturated heterocycles. The average molecular weight is 227 g/mol. The summed E-state index contributed by atoms with van der Waals surface area (Å²) in [5.41, 5.74) is 2.71. The van der Waals surface area contributed by atoms with Gasteiger partial charge in [0.2, 0.25) is 0 Å². The van der Waals surface area contributed by atoms with Gasteiger partial charge < -0.3 is 5.11 Å². The van der Waals surface area contributed by atoms with Crippen LogP contribution in [0, 0.1) is 0 Å². The van der Waals surface area contributed by atoms with E-state index in [-0.39, 0.29) is 6.61 Å². The molecule has 1 aliphatic rings. The van der Waals surface area contributed by atoms with Crippen LogP contribution in [-0.4, -0.2) is 11.7 Å². The van der Waals surface area contributed by atoms with Crippen molar-refractivity contribution >= 4 is 15.9 Å². The van der Waals surface area contributed by atoms with Gasteiger partial charge in [-0.1, -0.05) is 28.1 Å². The minimum Gasteiger partial charge on any atom is -0.396 e. The Morgan fingerprint density at radius 1 is 1.50 bits per heavy atom. The fourth-order valence-electron chi connectivity index (χ4n) is 1.89. The van der Waals surface area contributed by atoms with Gasteiger partial charge in [0.05, 0.1) is 0 Å². The van der Waals surface area contributed by atoms with Gasteiger partial charge in [-0.15, -0.1) is 0 Å². The lowest BCUT2D eigenvalue weighted by Crippen LogP contribution is -1.98. The van der Waals surface area contributed by atoms with Crippen molar-refractivity contribution in [2.75, 3.05) is 6.61 Å². The van der Waals surface area contributed by atoms with Crippen LogP contribution in [0.15, 0.2) is 22.7 Å². The third-order valence-corrected chi connectivity index (χ3v) is 3.30. The first-order valence-corrected chi connectivity index (χ1v) is 5.00. The summed E-state index contributed by atoms with van der Waals surface area (Å²) in [5.74, 6) is 0.373. The van der Waals surface area contributed by atoms with E-state index in [4.69, 9.17) is 5.11 Å². The summed E-state index contributed by atoms with van der Waals surface area (Å²) in [6, 6.07) is 6.23. The van der Waals surface area contributed by atoms with Crippen molar-refractivity contribution in [1.82, 2.24) is 0 Å². The predicted octanol–water partition coefficient (Wildman–Crippen LogP) is 2.47. The van der Waals surface area contributed by atoms with Gasteiger partial charge in [0.1, 0.15) is 0 Å². The zero-order chi connectivity index (χ0) is 8.55.